The van der Waals surface area contributed by atoms with E-state index in [1.807, 2.05) is 38.0 Å². The topological polar surface area (TPSA) is 18.8 Å². The fraction of sp³-hybridized carbons (Fsp3) is 0.417. The highest BCUT2D eigenvalue weighted by Crippen LogP contribution is 2.10. The number of benzene rings is 1. The van der Waals surface area contributed by atoms with Crippen molar-refractivity contribution >= 4 is 5.96 Å². The van der Waals surface area contributed by atoms with Gasteiger partial charge in [0.2, 0.25) is 0 Å². The van der Waals surface area contributed by atoms with Crippen molar-refractivity contribution in [1.82, 2.24) is 9.80 Å². The van der Waals surface area contributed by atoms with E-state index in [1.54, 1.807) is 0 Å². The molecule has 0 amide bonds. The van der Waals surface area contributed by atoms with E-state index in [-0.39, 0.29) is 6.54 Å². The van der Waals surface area contributed by atoms with Crippen molar-refractivity contribution in [3.8, 4) is 0 Å². The molecule has 0 unspecified atom stereocenters. The number of halogens is 2. The average Bonchev–Trinajstić information content (AvgIpc) is 2.20. The molecule has 0 fully saturated rings. The van der Waals surface area contributed by atoms with E-state index in [9.17, 15) is 8.78 Å². The molecule has 5 heteroatoms. The van der Waals surface area contributed by atoms with Crippen molar-refractivity contribution < 1.29 is 8.78 Å². The molecule has 0 aliphatic rings. The molecule has 0 N–H and O–H groups in total. The summed E-state index contributed by atoms with van der Waals surface area (Å²) in [4.78, 5) is 7.96. The molecule has 0 spiro atoms. The number of nitrogens with zero attached hydrogens (tertiary/aromatic N) is 3. The molecular formula is C12H17F2N3. The normalized spacial score (nSPS) is 10.0. The quantitative estimate of drug-likeness (QED) is 0.582. The highest BCUT2D eigenvalue weighted by Gasteiger charge is 2.06. The zero-order chi connectivity index (χ0) is 13.0. The summed E-state index contributed by atoms with van der Waals surface area (Å²) in [5.74, 6) is -0.407. The third-order valence-corrected chi connectivity index (χ3v) is 2.21. The van der Waals surface area contributed by atoms with Crippen molar-refractivity contribution in [2.75, 3.05) is 28.2 Å². The first-order valence-corrected chi connectivity index (χ1v) is 5.25. The molecule has 1 aromatic carbocycles. The van der Waals surface area contributed by atoms with Crippen LogP contribution in [0.25, 0.3) is 0 Å². The van der Waals surface area contributed by atoms with Gasteiger partial charge in [-0.1, -0.05) is 6.07 Å². The lowest BCUT2D eigenvalue weighted by Crippen LogP contribution is -2.35. The Morgan fingerprint density at radius 3 is 2.18 bits per heavy atom. The molecule has 17 heavy (non-hydrogen) atoms. The predicted molar refractivity (Wildman–Crippen MR) is 64.9 cm³/mol. The second kappa shape index (κ2) is 5.61. The second-order valence-electron chi connectivity index (χ2n) is 4.14. The van der Waals surface area contributed by atoms with Gasteiger partial charge in [-0.3, -0.25) is 0 Å². The van der Waals surface area contributed by atoms with Gasteiger partial charge in [0, 0.05) is 39.8 Å². The number of guanidine groups is 1. The third-order valence-electron chi connectivity index (χ3n) is 2.21. The highest BCUT2D eigenvalue weighted by molar-refractivity contribution is 5.79. The predicted octanol–water partition coefficient (Wildman–Crippen LogP) is 1.94. The van der Waals surface area contributed by atoms with Gasteiger partial charge in [-0.15, -0.1) is 0 Å². The Kier molecular flexibility index (Phi) is 4.43. The smallest absolute Gasteiger partial charge is 0.195 e. The van der Waals surface area contributed by atoms with E-state index in [2.05, 4.69) is 4.99 Å². The van der Waals surface area contributed by atoms with Crippen molar-refractivity contribution in [1.29, 1.82) is 0 Å². The third kappa shape index (κ3) is 3.69. The summed E-state index contributed by atoms with van der Waals surface area (Å²) in [5, 5.41) is 0. The largest absolute Gasteiger partial charge is 0.349 e. The van der Waals surface area contributed by atoms with Gasteiger partial charge in [-0.25, -0.2) is 13.8 Å². The van der Waals surface area contributed by atoms with Crippen LogP contribution in [-0.4, -0.2) is 44.0 Å². The van der Waals surface area contributed by atoms with Crippen LogP contribution in [0.1, 0.15) is 5.56 Å². The first-order valence-electron chi connectivity index (χ1n) is 5.25. The number of hydrogen-bond acceptors (Lipinski definition) is 1. The summed E-state index contributed by atoms with van der Waals surface area (Å²) >= 11 is 0. The van der Waals surface area contributed by atoms with Gasteiger partial charge in [-0.05, 0) is 6.07 Å². The molecule has 0 heterocycles. The summed E-state index contributed by atoms with van der Waals surface area (Å²) in [6.07, 6.45) is 0. The lowest BCUT2D eigenvalue weighted by Gasteiger charge is -2.22. The monoisotopic (exact) mass is 241 g/mol. The van der Waals surface area contributed by atoms with Gasteiger partial charge in [0.1, 0.15) is 11.6 Å². The molecule has 0 radical (unpaired) electrons. The Hall–Kier alpha value is -1.65. The summed E-state index contributed by atoms with van der Waals surface area (Å²) in [6, 6.07) is 3.52. The molecular weight excluding hydrogens is 224 g/mol. The van der Waals surface area contributed by atoms with Crippen LogP contribution in [0.2, 0.25) is 0 Å². The van der Waals surface area contributed by atoms with Gasteiger partial charge in [0.15, 0.2) is 5.96 Å². The lowest BCUT2D eigenvalue weighted by molar-refractivity contribution is 0.478. The Morgan fingerprint density at radius 1 is 1.12 bits per heavy atom. The Bertz CT molecular complexity index is 404. The minimum absolute atomic E-state index is 0.192. The average molecular weight is 241 g/mol. The number of rotatable bonds is 2. The van der Waals surface area contributed by atoms with Crippen LogP contribution < -0.4 is 0 Å². The van der Waals surface area contributed by atoms with E-state index in [4.69, 9.17) is 0 Å². The summed E-state index contributed by atoms with van der Waals surface area (Å²) in [6.45, 7) is 0.192. The molecule has 0 saturated carbocycles. The highest BCUT2D eigenvalue weighted by atomic mass is 19.1. The number of aliphatic imine (C=N–C) groups is 1. The fourth-order valence-electron chi connectivity index (χ4n) is 1.49. The van der Waals surface area contributed by atoms with Gasteiger partial charge in [0.05, 0.1) is 6.54 Å². The Balaban J connectivity index is 2.87. The SMILES string of the molecule is CN(C)C(=NCc1ccc(F)cc1F)N(C)C. The molecule has 0 atom stereocenters. The van der Waals surface area contributed by atoms with Crippen molar-refractivity contribution in [3.63, 3.8) is 0 Å². The molecule has 0 aliphatic carbocycles. The molecule has 1 aromatic rings. The maximum Gasteiger partial charge on any atom is 0.195 e. The van der Waals surface area contributed by atoms with Crippen LogP contribution >= 0.6 is 0 Å². The zero-order valence-electron chi connectivity index (χ0n) is 10.5. The minimum atomic E-state index is -0.573. The van der Waals surface area contributed by atoms with Gasteiger partial charge < -0.3 is 9.80 Å². The van der Waals surface area contributed by atoms with Crippen LogP contribution in [0.5, 0.6) is 0 Å². The Labute approximate surface area is 100 Å². The Morgan fingerprint density at radius 2 is 1.71 bits per heavy atom. The first-order chi connectivity index (χ1) is 7.91. The van der Waals surface area contributed by atoms with Crippen LogP contribution in [0.3, 0.4) is 0 Å². The second-order valence-corrected chi connectivity index (χ2v) is 4.14. The van der Waals surface area contributed by atoms with Crippen molar-refractivity contribution in [2.24, 2.45) is 4.99 Å². The van der Waals surface area contributed by atoms with Crippen LogP contribution in [0.4, 0.5) is 8.78 Å². The van der Waals surface area contributed by atoms with Gasteiger partial charge in [-0.2, -0.15) is 0 Å². The summed E-state index contributed by atoms with van der Waals surface area (Å²) < 4.78 is 26.1. The fourth-order valence-corrected chi connectivity index (χ4v) is 1.49. The van der Waals surface area contributed by atoms with E-state index in [0.29, 0.717) is 5.56 Å². The maximum atomic E-state index is 13.4. The molecule has 0 aromatic heterocycles. The minimum Gasteiger partial charge on any atom is -0.349 e. The van der Waals surface area contributed by atoms with Crippen molar-refractivity contribution in [2.45, 2.75) is 6.54 Å². The van der Waals surface area contributed by atoms with Crippen LogP contribution in [-0.2, 0) is 6.54 Å². The van der Waals surface area contributed by atoms with Gasteiger partial charge >= 0.3 is 0 Å². The van der Waals surface area contributed by atoms with Crippen molar-refractivity contribution in [3.05, 3.63) is 35.4 Å². The van der Waals surface area contributed by atoms with E-state index >= 15 is 0 Å². The molecule has 0 bridgehead atoms. The summed E-state index contributed by atoms with van der Waals surface area (Å²) in [5.41, 5.74) is 0.382. The molecule has 3 nitrogen and oxygen atoms in total. The zero-order valence-corrected chi connectivity index (χ0v) is 10.5. The molecule has 0 aliphatic heterocycles. The first kappa shape index (κ1) is 13.4. The van der Waals surface area contributed by atoms with E-state index in [1.165, 1.54) is 12.1 Å². The molecule has 1 rings (SSSR count). The van der Waals surface area contributed by atoms with Crippen LogP contribution in [0.15, 0.2) is 23.2 Å². The standard InChI is InChI=1S/C12H17F2N3/c1-16(2)12(17(3)4)15-8-9-5-6-10(13)7-11(9)14/h5-7H,8H2,1-4H3. The van der Waals surface area contributed by atoms with Gasteiger partial charge in [0.25, 0.3) is 0 Å². The van der Waals surface area contributed by atoms with E-state index < -0.39 is 11.6 Å². The molecule has 0 saturated heterocycles. The number of hydrogen-bond donors (Lipinski definition) is 0. The molecule has 94 valence electrons. The van der Waals surface area contributed by atoms with Crippen LogP contribution in [0, 0.1) is 11.6 Å². The maximum absolute atomic E-state index is 13.4. The summed E-state index contributed by atoms with van der Waals surface area (Å²) in [7, 11) is 7.44. The lowest BCUT2D eigenvalue weighted by atomic mass is 10.2. The van der Waals surface area contributed by atoms with E-state index in [0.717, 1.165) is 12.0 Å².